The molecule has 0 unspecified atom stereocenters. The molecule has 1 nitrogen and oxygen atoms in total. The smallest absolute Gasteiger partial charge is 0.392 e. The van der Waals surface area contributed by atoms with Crippen LogP contribution in [0.1, 0.15) is 6.42 Å². The van der Waals surface area contributed by atoms with E-state index in [1.54, 1.807) is 0 Å². The molecule has 8 heavy (non-hydrogen) atoms. The largest absolute Gasteiger partial charge is 0.516 e. The Hall–Kier alpha value is -0.670. The van der Waals surface area contributed by atoms with Crippen LogP contribution >= 0.6 is 0 Å². The van der Waals surface area contributed by atoms with Gasteiger partial charge in [0, 0.05) is 0 Å². The van der Waals surface area contributed by atoms with E-state index in [0.717, 1.165) is 0 Å². The topological polar surface area (TPSA) is 20.2 Å². The lowest BCUT2D eigenvalue weighted by Gasteiger charge is -1.98. The van der Waals surface area contributed by atoms with Gasteiger partial charge in [-0.25, -0.2) is 0 Å². The molecule has 0 aromatic rings. The number of alkyl halides is 3. The third-order valence-corrected chi connectivity index (χ3v) is 0.455. The Morgan fingerprint density at radius 1 is 1.38 bits per heavy atom. The number of aliphatic hydroxyl groups excluding tert-OH is 1. The molecule has 0 fully saturated rings. The average Bonchev–Trinajstić information content (AvgIpc) is 1.59. The summed E-state index contributed by atoms with van der Waals surface area (Å²) in [5, 5.41) is 7.75. The van der Waals surface area contributed by atoms with Crippen LogP contribution in [-0.2, 0) is 0 Å². The molecule has 0 aliphatic rings. The van der Waals surface area contributed by atoms with Gasteiger partial charge in [0.15, 0.2) is 0 Å². The van der Waals surface area contributed by atoms with Crippen molar-refractivity contribution >= 4 is 0 Å². The first-order valence-corrected chi connectivity index (χ1v) is 1.92. The van der Waals surface area contributed by atoms with Gasteiger partial charge in [-0.05, 0) is 6.08 Å². The lowest BCUT2D eigenvalue weighted by atomic mass is 10.4. The van der Waals surface area contributed by atoms with E-state index in [9.17, 15) is 13.2 Å². The minimum Gasteiger partial charge on any atom is -0.516 e. The van der Waals surface area contributed by atoms with Gasteiger partial charge in [-0.3, -0.25) is 0 Å². The Balaban J connectivity index is 3.39. The van der Waals surface area contributed by atoms with E-state index in [1.807, 2.05) is 0 Å². The Morgan fingerprint density at radius 2 is 1.88 bits per heavy atom. The summed E-state index contributed by atoms with van der Waals surface area (Å²) in [5.74, 6) is 0. The fourth-order valence-corrected chi connectivity index (χ4v) is 0.186. The van der Waals surface area contributed by atoms with Crippen LogP contribution in [0.4, 0.5) is 13.2 Å². The number of hydrogen-bond donors (Lipinski definition) is 1. The summed E-state index contributed by atoms with van der Waals surface area (Å²) >= 11 is 0. The zero-order chi connectivity index (χ0) is 6.62. The van der Waals surface area contributed by atoms with Crippen LogP contribution in [-0.4, -0.2) is 11.3 Å². The minimum atomic E-state index is -4.20. The molecule has 0 radical (unpaired) electrons. The van der Waals surface area contributed by atoms with Crippen molar-refractivity contribution in [3.8, 4) is 0 Å². The number of allylic oxidation sites excluding steroid dienone is 1. The molecule has 0 atom stereocenters. The molecule has 0 rings (SSSR count). The van der Waals surface area contributed by atoms with Gasteiger partial charge in [0.2, 0.25) is 0 Å². The van der Waals surface area contributed by atoms with Crippen molar-refractivity contribution in [1.82, 2.24) is 0 Å². The van der Waals surface area contributed by atoms with E-state index in [1.165, 1.54) is 0 Å². The maximum atomic E-state index is 11.1. The second kappa shape index (κ2) is 2.59. The Morgan fingerprint density at radius 3 is 2.00 bits per heavy atom. The number of aliphatic hydroxyl groups is 1. The molecule has 1 N–H and O–H groups in total. The SMILES string of the molecule is OC=CCC(F)(F)F. The highest BCUT2D eigenvalue weighted by molar-refractivity contribution is 4.75. The highest BCUT2D eigenvalue weighted by atomic mass is 19.4. The van der Waals surface area contributed by atoms with Gasteiger partial charge in [-0.1, -0.05) is 0 Å². The van der Waals surface area contributed by atoms with E-state index in [4.69, 9.17) is 5.11 Å². The van der Waals surface area contributed by atoms with E-state index in [-0.39, 0.29) is 0 Å². The molecule has 0 saturated heterocycles. The summed E-state index contributed by atoms with van der Waals surface area (Å²) in [4.78, 5) is 0. The standard InChI is InChI=1S/C4H5F3O/c5-4(6,7)2-1-3-8/h1,3,8H,2H2. The van der Waals surface area contributed by atoms with Crippen LogP contribution in [0.2, 0.25) is 0 Å². The molecule has 0 aromatic carbocycles. The van der Waals surface area contributed by atoms with Crippen LogP contribution in [0.25, 0.3) is 0 Å². The van der Waals surface area contributed by atoms with Crippen LogP contribution in [0.3, 0.4) is 0 Å². The maximum Gasteiger partial charge on any atom is 0.392 e. The van der Waals surface area contributed by atoms with E-state index in [0.29, 0.717) is 12.3 Å². The molecule has 0 heterocycles. The first-order valence-electron chi connectivity index (χ1n) is 1.92. The lowest BCUT2D eigenvalue weighted by Crippen LogP contribution is -2.03. The Bertz CT molecular complexity index is 83.8. The lowest BCUT2D eigenvalue weighted by molar-refractivity contribution is -0.125. The van der Waals surface area contributed by atoms with Crippen molar-refractivity contribution in [2.45, 2.75) is 12.6 Å². The predicted octanol–water partition coefficient (Wildman–Crippen LogP) is 2.01. The van der Waals surface area contributed by atoms with Crippen LogP contribution in [0.5, 0.6) is 0 Å². The van der Waals surface area contributed by atoms with Gasteiger partial charge in [0.1, 0.15) is 0 Å². The van der Waals surface area contributed by atoms with E-state index in [2.05, 4.69) is 0 Å². The maximum absolute atomic E-state index is 11.1. The summed E-state index contributed by atoms with van der Waals surface area (Å²) in [5.41, 5.74) is 0. The quantitative estimate of drug-likeness (QED) is 0.533. The molecule has 0 aromatic heterocycles. The zero-order valence-electron chi connectivity index (χ0n) is 3.94. The molecule has 0 aliphatic heterocycles. The van der Waals surface area contributed by atoms with Gasteiger partial charge < -0.3 is 5.11 Å². The van der Waals surface area contributed by atoms with Gasteiger partial charge in [-0.15, -0.1) is 0 Å². The van der Waals surface area contributed by atoms with Crippen molar-refractivity contribution < 1.29 is 18.3 Å². The summed E-state index contributed by atoms with van der Waals surface area (Å²) in [6.45, 7) is 0. The Kier molecular flexibility index (Phi) is 2.37. The first-order chi connectivity index (χ1) is 3.56. The van der Waals surface area contributed by atoms with Crippen molar-refractivity contribution in [2.24, 2.45) is 0 Å². The first kappa shape index (κ1) is 7.33. The van der Waals surface area contributed by atoms with Crippen LogP contribution < -0.4 is 0 Å². The third kappa shape index (κ3) is 5.33. The highest BCUT2D eigenvalue weighted by Gasteiger charge is 2.24. The van der Waals surface area contributed by atoms with Crippen LogP contribution in [0, 0.1) is 0 Å². The fraction of sp³-hybridized carbons (Fsp3) is 0.500. The monoisotopic (exact) mass is 126 g/mol. The van der Waals surface area contributed by atoms with Gasteiger partial charge >= 0.3 is 6.18 Å². The normalized spacial score (nSPS) is 12.9. The summed E-state index contributed by atoms with van der Waals surface area (Å²) in [7, 11) is 0. The number of rotatable bonds is 1. The number of halogens is 3. The molecule has 48 valence electrons. The van der Waals surface area contributed by atoms with Crippen molar-refractivity contribution in [3.05, 3.63) is 12.3 Å². The van der Waals surface area contributed by atoms with E-state index < -0.39 is 12.6 Å². The van der Waals surface area contributed by atoms with Crippen molar-refractivity contribution in [3.63, 3.8) is 0 Å². The predicted molar refractivity (Wildman–Crippen MR) is 22.4 cm³/mol. The average molecular weight is 126 g/mol. The molecule has 4 heteroatoms. The van der Waals surface area contributed by atoms with Crippen molar-refractivity contribution in [1.29, 1.82) is 0 Å². The molecule has 0 spiro atoms. The summed E-state index contributed by atoms with van der Waals surface area (Å²) < 4.78 is 33.2. The minimum absolute atomic E-state index is 0.382. The Labute approximate surface area is 44.4 Å². The molecule has 0 bridgehead atoms. The molecule has 0 amide bonds. The zero-order valence-corrected chi connectivity index (χ0v) is 3.94. The van der Waals surface area contributed by atoms with E-state index >= 15 is 0 Å². The molecule has 0 saturated carbocycles. The molecular weight excluding hydrogens is 121 g/mol. The van der Waals surface area contributed by atoms with Gasteiger partial charge in [-0.2, -0.15) is 13.2 Å². The molecular formula is C4H5F3O. The summed E-state index contributed by atoms with van der Waals surface area (Å²) in [6, 6.07) is 0. The highest BCUT2D eigenvalue weighted by Crippen LogP contribution is 2.19. The third-order valence-electron chi connectivity index (χ3n) is 0.455. The summed E-state index contributed by atoms with van der Waals surface area (Å²) in [6.07, 6.45) is -4.24. The number of hydrogen-bond acceptors (Lipinski definition) is 1. The second-order valence-corrected chi connectivity index (χ2v) is 1.20. The van der Waals surface area contributed by atoms with Crippen LogP contribution in [0.15, 0.2) is 12.3 Å². The van der Waals surface area contributed by atoms with Gasteiger partial charge in [0.25, 0.3) is 0 Å². The fourth-order valence-electron chi connectivity index (χ4n) is 0.186. The van der Waals surface area contributed by atoms with Gasteiger partial charge in [0.05, 0.1) is 12.7 Å². The second-order valence-electron chi connectivity index (χ2n) is 1.20. The molecule has 0 aliphatic carbocycles. The van der Waals surface area contributed by atoms with Crippen molar-refractivity contribution in [2.75, 3.05) is 0 Å².